The van der Waals surface area contributed by atoms with E-state index in [2.05, 4.69) is 6.92 Å². The molecule has 6 heteroatoms. The lowest BCUT2D eigenvalue weighted by molar-refractivity contribution is -0.146. The summed E-state index contributed by atoms with van der Waals surface area (Å²) in [5.74, 6) is -0.275. The van der Waals surface area contributed by atoms with Gasteiger partial charge in [-0.15, -0.1) is 0 Å². The Balaban J connectivity index is 2.20. The van der Waals surface area contributed by atoms with Gasteiger partial charge in [-0.1, -0.05) is 6.92 Å². The van der Waals surface area contributed by atoms with Gasteiger partial charge in [-0.05, 0) is 38.1 Å². The number of aliphatic carboxylic acids is 1. The number of piperidine rings is 1. The molecule has 20 heavy (non-hydrogen) atoms. The fraction of sp³-hybridized carbons (Fsp3) is 0.857. The number of hydrogen-bond acceptors (Lipinski definition) is 4. The maximum Gasteiger partial charge on any atom is 0.329 e. The molecule has 0 aromatic rings. The van der Waals surface area contributed by atoms with Crippen molar-refractivity contribution in [2.24, 2.45) is 11.7 Å². The molecule has 1 unspecified atom stereocenters. The largest absolute Gasteiger partial charge is 0.480 e. The van der Waals surface area contributed by atoms with Crippen molar-refractivity contribution >= 4 is 11.9 Å². The van der Waals surface area contributed by atoms with Crippen LogP contribution < -0.4 is 5.73 Å². The normalized spacial score (nSPS) is 18.0. The van der Waals surface area contributed by atoms with Gasteiger partial charge in [0.05, 0.1) is 6.10 Å². The molecule has 1 atom stereocenters. The number of carboxylic acid groups (broad SMARTS) is 1. The minimum atomic E-state index is -0.947. The summed E-state index contributed by atoms with van der Waals surface area (Å²) in [6.07, 6.45) is 3.81. The van der Waals surface area contributed by atoms with E-state index in [1.165, 1.54) is 0 Å². The molecule has 1 fully saturated rings. The molecular weight excluding hydrogens is 260 g/mol. The molecule has 6 nitrogen and oxygen atoms in total. The SMILES string of the molecule is CC(CCN)CCC(=O)N1CCC(OCC(=O)O)CC1. The summed E-state index contributed by atoms with van der Waals surface area (Å²) in [5, 5.41) is 8.55. The first-order valence-electron chi connectivity index (χ1n) is 7.34. The van der Waals surface area contributed by atoms with Crippen LogP contribution in [0.3, 0.4) is 0 Å². The molecule has 0 aromatic heterocycles. The van der Waals surface area contributed by atoms with Gasteiger partial charge < -0.3 is 20.5 Å². The lowest BCUT2D eigenvalue weighted by Gasteiger charge is -2.32. The van der Waals surface area contributed by atoms with Crippen molar-refractivity contribution in [2.75, 3.05) is 26.2 Å². The van der Waals surface area contributed by atoms with Crippen molar-refractivity contribution in [3.63, 3.8) is 0 Å². The molecule has 3 N–H and O–H groups in total. The summed E-state index contributed by atoms with van der Waals surface area (Å²) in [4.78, 5) is 24.3. The third-order valence-electron chi connectivity index (χ3n) is 3.75. The average molecular weight is 286 g/mol. The zero-order chi connectivity index (χ0) is 15.0. The number of nitrogens with two attached hydrogens (primary N) is 1. The average Bonchev–Trinajstić information content (AvgIpc) is 2.43. The van der Waals surface area contributed by atoms with Crippen LogP contribution in [0.2, 0.25) is 0 Å². The maximum atomic E-state index is 12.0. The minimum Gasteiger partial charge on any atom is -0.480 e. The standard InChI is InChI=1S/C14H26N2O4/c1-11(4-7-15)2-3-13(17)16-8-5-12(6-9-16)20-10-14(18)19/h11-12H,2-10,15H2,1H3,(H,18,19). The molecule has 0 aromatic carbocycles. The predicted octanol–water partition coefficient (Wildman–Crippen LogP) is 0.844. The Labute approximate surface area is 120 Å². The zero-order valence-corrected chi connectivity index (χ0v) is 12.2. The lowest BCUT2D eigenvalue weighted by atomic mass is 10.0. The van der Waals surface area contributed by atoms with Crippen molar-refractivity contribution in [3.05, 3.63) is 0 Å². The van der Waals surface area contributed by atoms with E-state index in [0.717, 1.165) is 25.7 Å². The lowest BCUT2D eigenvalue weighted by Crippen LogP contribution is -2.41. The number of ether oxygens (including phenoxy) is 1. The van der Waals surface area contributed by atoms with Crippen molar-refractivity contribution in [2.45, 2.75) is 45.1 Å². The Morgan fingerprint density at radius 1 is 1.35 bits per heavy atom. The summed E-state index contributed by atoms with van der Waals surface area (Å²) >= 11 is 0. The third kappa shape index (κ3) is 6.34. The van der Waals surface area contributed by atoms with E-state index < -0.39 is 5.97 Å². The number of rotatable bonds is 8. The number of carboxylic acids is 1. The van der Waals surface area contributed by atoms with Crippen LogP contribution in [-0.2, 0) is 14.3 Å². The summed E-state index contributed by atoms with van der Waals surface area (Å²) in [5.41, 5.74) is 5.49. The maximum absolute atomic E-state index is 12.0. The number of amides is 1. The van der Waals surface area contributed by atoms with Gasteiger partial charge >= 0.3 is 5.97 Å². The molecule has 1 aliphatic heterocycles. The summed E-state index contributed by atoms with van der Waals surface area (Å²) < 4.78 is 5.25. The predicted molar refractivity (Wildman–Crippen MR) is 75.3 cm³/mol. The first-order valence-corrected chi connectivity index (χ1v) is 7.34. The summed E-state index contributed by atoms with van der Waals surface area (Å²) in [7, 11) is 0. The highest BCUT2D eigenvalue weighted by Crippen LogP contribution is 2.16. The molecule has 0 spiro atoms. The highest BCUT2D eigenvalue weighted by molar-refractivity contribution is 5.76. The Bertz CT molecular complexity index is 314. The first-order chi connectivity index (χ1) is 9.52. The monoisotopic (exact) mass is 286 g/mol. The second-order valence-corrected chi connectivity index (χ2v) is 5.51. The molecule has 0 aliphatic carbocycles. The van der Waals surface area contributed by atoms with Crippen molar-refractivity contribution in [1.82, 2.24) is 4.90 Å². The second-order valence-electron chi connectivity index (χ2n) is 5.51. The molecular formula is C14H26N2O4. The van der Waals surface area contributed by atoms with Crippen LogP contribution in [-0.4, -0.2) is 54.2 Å². The molecule has 0 bridgehead atoms. The number of nitrogens with zero attached hydrogens (tertiary/aromatic N) is 1. The van der Waals surface area contributed by atoms with Gasteiger partial charge in [0, 0.05) is 19.5 Å². The molecule has 1 rings (SSSR count). The van der Waals surface area contributed by atoms with Gasteiger partial charge in [0.1, 0.15) is 6.61 Å². The van der Waals surface area contributed by atoms with E-state index in [-0.39, 0.29) is 18.6 Å². The van der Waals surface area contributed by atoms with E-state index >= 15 is 0 Å². The quantitative estimate of drug-likeness (QED) is 0.690. The molecule has 116 valence electrons. The van der Waals surface area contributed by atoms with E-state index in [0.29, 0.717) is 32.0 Å². The molecule has 0 radical (unpaired) electrons. The number of carbonyl (C=O) groups is 2. The van der Waals surface area contributed by atoms with Crippen LogP contribution in [0.1, 0.15) is 39.0 Å². The van der Waals surface area contributed by atoms with E-state index in [1.54, 1.807) is 0 Å². The topological polar surface area (TPSA) is 92.9 Å². The molecule has 1 heterocycles. The number of carbonyl (C=O) groups excluding carboxylic acids is 1. The summed E-state index contributed by atoms with van der Waals surface area (Å²) in [6, 6.07) is 0. The number of likely N-dealkylation sites (tertiary alicyclic amines) is 1. The van der Waals surface area contributed by atoms with E-state index in [9.17, 15) is 9.59 Å². The first kappa shape index (κ1) is 16.9. The minimum absolute atomic E-state index is 0.0358. The van der Waals surface area contributed by atoms with Gasteiger partial charge in [0.15, 0.2) is 0 Å². The van der Waals surface area contributed by atoms with Crippen LogP contribution in [0, 0.1) is 5.92 Å². The van der Waals surface area contributed by atoms with Crippen molar-refractivity contribution in [3.8, 4) is 0 Å². The zero-order valence-electron chi connectivity index (χ0n) is 12.2. The van der Waals surface area contributed by atoms with Gasteiger partial charge in [0.25, 0.3) is 0 Å². The van der Waals surface area contributed by atoms with Gasteiger partial charge in [-0.25, -0.2) is 4.79 Å². The van der Waals surface area contributed by atoms with Crippen LogP contribution >= 0.6 is 0 Å². The van der Waals surface area contributed by atoms with E-state index in [1.807, 2.05) is 4.90 Å². The van der Waals surface area contributed by atoms with Gasteiger partial charge in [-0.2, -0.15) is 0 Å². The van der Waals surface area contributed by atoms with Crippen LogP contribution in [0.4, 0.5) is 0 Å². The Morgan fingerprint density at radius 2 is 2.00 bits per heavy atom. The van der Waals surface area contributed by atoms with Crippen LogP contribution in [0.15, 0.2) is 0 Å². The van der Waals surface area contributed by atoms with Crippen LogP contribution in [0.5, 0.6) is 0 Å². The fourth-order valence-electron chi connectivity index (χ4n) is 2.42. The van der Waals surface area contributed by atoms with Crippen LogP contribution in [0.25, 0.3) is 0 Å². The highest BCUT2D eigenvalue weighted by atomic mass is 16.5. The van der Waals surface area contributed by atoms with E-state index in [4.69, 9.17) is 15.6 Å². The highest BCUT2D eigenvalue weighted by Gasteiger charge is 2.23. The Morgan fingerprint density at radius 3 is 2.55 bits per heavy atom. The van der Waals surface area contributed by atoms with Crippen molar-refractivity contribution in [1.29, 1.82) is 0 Å². The molecule has 0 saturated carbocycles. The third-order valence-corrected chi connectivity index (χ3v) is 3.75. The van der Waals surface area contributed by atoms with Gasteiger partial charge in [-0.3, -0.25) is 4.79 Å². The molecule has 1 aliphatic rings. The second kappa shape index (κ2) is 8.92. The molecule has 1 amide bonds. The molecule has 1 saturated heterocycles. The summed E-state index contributed by atoms with van der Waals surface area (Å²) in [6.45, 7) is 3.85. The Hall–Kier alpha value is -1.14. The van der Waals surface area contributed by atoms with Crippen molar-refractivity contribution < 1.29 is 19.4 Å². The van der Waals surface area contributed by atoms with Gasteiger partial charge in [0.2, 0.25) is 5.91 Å². The fourth-order valence-corrected chi connectivity index (χ4v) is 2.42. The smallest absolute Gasteiger partial charge is 0.329 e. The Kier molecular flexibility index (Phi) is 7.54. The number of hydrogen-bond donors (Lipinski definition) is 2.